The molecule has 144 valence electrons. The number of thioether (sulfide) groups is 1. The van der Waals surface area contributed by atoms with E-state index in [9.17, 15) is 9.90 Å². The highest BCUT2D eigenvalue weighted by Gasteiger charge is 2.39. The summed E-state index contributed by atoms with van der Waals surface area (Å²) in [6.45, 7) is 3.05. The first kappa shape index (κ1) is 19.8. The second-order valence-corrected chi connectivity index (χ2v) is 7.98. The van der Waals surface area contributed by atoms with Gasteiger partial charge >= 0.3 is 0 Å². The molecule has 1 N–H and O–H groups in total. The summed E-state index contributed by atoms with van der Waals surface area (Å²) in [5.74, 6) is 0.666. The molecule has 1 saturated heterocycles. The van der Waals surface area contributed by atoms with E-state index in [1.807, 2.05) is 65.8 Å². The first-order valence-electron chi connectivity index (χ1n) is 9.34. The highest BCUT2D eigenvalue weighted by Crippen LogP contribution is 2.34. The quantitative estimate of drug-likeness (QED) is 0.770. The van der Waals surface area contributed by atoms with Gasteiger partial charge in [0.15, 0.2) is 6.10 Å². The molecule has 0 bridgehead atoms. The van der Waals surface area contributed by atoms with E-state index >= 15 is 0 Å². The Labute approximate surface area is 165 Å². The molecule has 1 fully saturated rings. The standard InChI is InChI=1S/C22H27NO3S/c1-17(26-19-9-11-20(27-2)12-10-19)21(25)23-14-6-13-22(15-23,16-24)18-7-4-3-5-8-18/h3-5,7-12,17,24H,6,13-16H2,1-2H3/t17-,22-/m0/s1. The van der Waals surface area contributed by atoms with Crippen LogP contribution >= 0.6 is 11.8 Å². The van der Waals surface area contributed by atoms with Crippen molar-refractivity contribution >= 4 is 17.7 Å². The lowest BCUT2D eigenvalue weighted by Crippen LogP contribution is -2.53. The molecule has 27 heavy (non-hydrogen) atoms. The number of ether oxygens (including phenoxy) is 1. The Morgan fingerprint density at radius 1 is 1.22 bits per heavy atom. The number of carbonyl (C=O) groups excluding carboxylic acids is 1. The number of likely N-dealkylation sites (tertiary alicyclic amines) is 1. The Morgan fingerprint density at radius 2 is 1.93 bits per heavy atom. The van der Waals surface area contributed by atoms with Crippen LogP contribution in [0.2, 0.25) is 0 Å². The van der Waals surface area contributed by atoms with Crippen molar-refractivity contribution in [1.82, 2.24) is 4.90 Å². The number of nitrogens with zero attached hydrogens (tertiary/aromatic N) is 1. The Balaban J connectivity index is 1.70. The maximum atomic E-state index is 13.0. The van der Waals surface area contributed by atoms with E-state index < -0.39 is 11.5 Å². The van der Waals surface area contributed by atoms with Crippen LogP contribution in [-0.4, -0.2) is 48.0 Å². The fourth-order valence-corrected chi connectivity index (χ4v) is 4.14. The van der Waals surface area contributed by atoms with Crippen LogP contribution in [0, 0.1) is 0 Å². The van der Waals surface area contributed by atoms with Gasteiger partial charge in [-0.15, -0.1) is 11.8 Å². The zero-order valence-electron chi connectivity index (χ0n) is 15.9. The van der Waals surface area contributed by atoms with E-state index in [-0.39, 0.29) is 12.5 Å². The minimum Gasteiger partial charge on any atom is -0.481 e. The van der Waals surface area contributed by atoms with Crippen molar-refractivity contribution in [2.24, 2.45) is 0 Å². The van der Waals surface area contributed by atoms with Gasteiger partial charge in [-0.2, -0.15) is 0 Å². The molecule has 0 aliphatic carbocycles. The minimum absolute atomic E-state index is 0.0302. The third-order valence-corrected chi connectivity index (χ3v) is 6.04. The number of benzene rings is 2. The molecule has 2 aromatic rings. The van der Waals surface area contributed by atoms with E-state index in [2.05, 4.69) is 0 Å². The van der Waals surface area contributed by atoms with Gasteiger partial charge < -0.3 is 14.7 Å². The van der Waals surface area contributed by atoms with E-state index in [1.165, 1.54) is 0 Å². The number of piperidine rings is 1. The van der Waals surface area contributed by atoms with Crippen LogP contribution < -0.4 is 4.74 Å². The summed E-state index contributed by atoms with van der Waals surface area (Å²) in [6, 6.07) is 17.8. The van der Waals surface area contributed by atoms with Crippen LogP contribution in [0.1, 0.15) is 25.3 Å². The van der Waals surface area contributed by atoms with Crippen molar-refractivity contribution in [2.45, 2.75) is 36.2 Å². The van der Waals surface area contributed by atoms with Crippen molar-refractivity contribution in [3.05, 3.63) is 60.2 Å². The molecule has 1 aliphatic heterocycles. The summed E-state index contributed by atoms with van der Waals surface area (Å²) in [4.78, 5) is 16.0. The highest BCUT2D eigenvalue weighted by molar-refractivity contribution is 7.98. The van der Waals surface area contributed by atoms with E-state index in [4.69, 9.17) is 4.74 Å². The average Bonchev–Trinajstić information content (AvgIpc) is 2.74. The summed E-state index contributed by atoms with van der Waals surface area (Å²) in [6.07, 6.45) is 3.22. The first-order valence-corrected chi connectivity index (χ1v) is 10.6. The van der Waals surface area contributed by atoms with Gasteiger partial charge in [-0.05, 0) is 55.9 Å². The highest BCUT2D eigenvalue weighted by atomic mass is 32.2. The molecule has 4 nitrogen and oxygen atoms in total. The average molecular weight is 386 g/mol. The number of carbonyl (C=O) groups is 1. The zero-order chi connectivity index (χ0) is 19.3. The smallest absolute Gasteiger partial charge is 0.263 e. The van der Waals surface area contributed by atoms with E-state index in [0.29, 0.717) is 18.8 Å². The second-order valence-electron chi connectivity index (χ2n) is 7.10. The topological polar surface area (TPSA) is 49.8 Å². The molecule has 1 heterocycles. The Kier molecular flexibility index (Phi) is 6.45. The summed E-state index contributed by atoms with van der Waals surface area (Å²) in [5, 5.41) is 10.1. The van der Waals surface area contributed by atoms with Crippen LogP contribution in [0.3, 0.4) is 0 Å². The fraction of sp³-hybridized carbons (Fsp3) is 0.409. The van der Waals surface area contributed by atoms with Crippen molar-refractivity contribution in [3.63, 3.8) is 0 Å². The maximum Gasteiger partial charge on any atom is 0.263 e. The van der Waals surface area contributed by atoms with Gasteiger partial charge in [0, 0.05) is 23.4 Å². The van der Waals surface area contributed by atoms with Crippen LogP contribution in [0.5, 0.6) is 5.75 Å². The molecule has 2 atom stereocenters. The second kappa shape index (κ2) is 8.81. The molecule has 1 aliphatic rings. The van der Waals surface area contributed by atoms with Crippen molar-refractivity contribution < 1.29 is 14.6 Å². The predicted octanol–water partition coefficient (Wildman–Crippen LogP) is 3.73. The SMILES string of the molecule is CSc1ccc(O[C@@H](C)C(=O)N2CCC[C@](CO)(c3ccccc3)C2)cc1. The summed E-state index contributed by atoms with van der Waals surface area (Å²) in [5.41, 5.74) is 0.695. The molecular weight excluding hydrogens is 358 g/mol. The molecular formula is C22H27NO3S. The third-order valence-electron chi connectivity index (χ3n) is 5.30. The lowest BCUT2D eigenvalue weighted by atomic mass is 9.74. The molecule has 0 spiro atoms. The number of hydrogen-bond donors (Lipinski definition) is 1. The number of aliphatic hydroxyl groups excluding tert-OH is 1. The molecule has 0 radical (unpaired) electrons. The van der Waals surface area contributed by atoms with Gasteiger partial charge in [0.2, 0.25) is 0 Å². The van der Waals surface area contributed by atoms with E-state index in [1.54, 1.807) is 18.7 Å². The summed E-state index contributed by atoms with van der Waals surface area (Å²) in [7, 11) is 0. The van der Waals surface area contributed by atoms with Crippen molar-refractivity contribution in [1.29, 1.82) is 0 Å². The molecule has 0 unspecified atom stereocenters. The predicted molar refractivity (Wildman–Crippen MR) is 109 cm³/mol. The van der Waals surface area contributed by atoms with Crippen LogP contribution in [0.15, 0.2) is 59.5 Å². The van der Waals surface area contributed by atoms with E-state index in [0.717, 1.165) is 23.3 Å². The maximum absolute atomic E-state index is 13.0. The van der Waals surface area contributed by atoms with Gasteiger partial charge in [0.1, 0.15) is 5.75 Å². The van der Waals surface area contributed by atoms with Gasteiger partial charge in [-0.25, -0.2) is 0 Å². The zero-order valence-corrected chi connectivity index (χ0v) is 16.7. The van der Waals surface area contributed by atoms with Gasteiger partial charge in [0.05, 0.1) is 6.61 Å². The van der Waals surface area contributed by atoms with Gasteiger partial charge in [0.25, 0.3) is 5.91 Å². The number of hydrogen-bond acceptors (Lipinski definition) is 4. The fourth-order valence-electron chi connectivity index (χ4n) is 3.73. The molecule has 2 aromatic carbocycles. The summed E-state index contributed by atoms with van der Waals surface area (Å²) >= 11 is 1.67. The molecule has 5 heteroatoms. The van der Waals surface area contributed by atoms with Crippen LogP contribution in [-0.2, 0) is 10.2 Å². The van der Waals surface area contributed by atoms with Crippen LogP contribution in [0.25, 0.3) is 0 Å². The Bertz CT molecular complexity index is 750. The number of aliphatic hydroxyl groups is 1. The Morgan fingerprint density at radius 3 is 2.56 bits per heavy atom. The molecule has 1 amide bonds. The molecule has 0 saturated carbocycles. The van der Waals surface area contributed by atoms with Crippen LogP contribution in [0.4, 0.5) is 0 Å². The summed E-state index contributed by atoms with van der Waals surface area (Å²) < 4.78 is 5.87. The largest absolute Gasteiger partial charge is 0.481 e. The first-order chi connectivity index (χ1) is 13.1. The lowest BCUT2D eigenvalue weighted by Gasteiger charge is -2.42. The minimum atomic E-state index is -0.560. The lowest BCUT2D eigenvalue weighted by molar-refractivity contribution is -0.140. The Hall–Kier alpha value is -1.98. The van der Waals surface area contributed by atoms with Gasteiger partial charge in [-0.1, -0.05) is 30.3 Å². The molecule has 0 aromatic heterocycles. The van der Waals surface area contributed by atoms with Gasteiger partial charge in [-0.3, -0.25) is 4.79 Å². The van der Waals surface area contributed by atoms with Crippen molar-refractivity contribution in [2.75, 3.05) is 26.0 Å². The monoisotopic (exact) mass is 385 g/mol. The number of amides is 1. The third kappa shape index (κ3) is 4.47. The van der Waals surface area contributed by atoms with Crippen molar-refractivity contribution in [3.8, 4) is 5.75 Å². The normalized spacial score (nSPS) is 20.9. The molecule has 3 rings (SSSR count). The number of rotatable bonds is 6.